The van der Waals surface area contributed by atoms with Gasteiger partial charge in [-0.3, -0.25) is 0 Å². The Labute approximate surface area is 91.1 Å². The van der Waals surface area contributed by atoms with Crippen LogP contribution in [0.5, 0.6) is 0 Å². The normalized spacial score (nSPS) is 12.2. The maximum Gasteiger partial charge on any atom is 0.135 e. The van der Waals surface area contributed by atoms with Gasteiger partial charge in [0.25, 0.3) is 0 Å². The Morgan fingerprint density at radius 2 is 1.92 bits per heavy atom. The molecular weight excluding hydrogens is 223 g/mol. The van der Waals surface area contributed by atoms with Crippen LogP contribution in [0, 0.1) is 0 Å². The first kappa shape index (κ1) is 10.8. The standard InChI is InChI=1S/C10H10Cl2S/c1-2-8-13(10(11)12)9-6-4-3-5-7-9/h2-7H,1,8H2. The minimum Gasteiger partial charge on any atom is -0.121 e. The Balaban J connectivity index is 3.04. The van der Waals surface area contributed by atoms with E-state index in [9.17, 15) is 0 Å². The SMILES string of the molecule is C=CCS(=C(Cl)Cl)c1ccccc1. The van der Waals surface area contributed by atoms with E-state index >= 15 is 0 Å². The van der Waals surface area contributed by atoms with Crippen LogP contribution in [0.15, 0.2) is 47.9 Å². The summed E-state index contributed by atoms with van der Waals surface area (Å²) in [5.41, 5.74) is 0. The molecule has 0 aromatic heterocycles. The van der Waals surface area contributed by atoms with Gasteiger partial charge in [-0.05, 0) is 12.1 Å². The maximum absolute atomic E-state index is 5.80. The Hall–Kier alpha value is -0.240. The lowest BCUT2D eigenvalue weighted by Crippen LogP contribution is -1.83. The first-order valence-electron chi connectivity index (χ1n) is 3.80. The molecule has 0 saturated carbocycles. The quantitative estimate of drug-likeness (QED) is 0.419. The number of hydrogen-bond acceptors (Lipinski definition) is 0. The molecule has 0 bridgehead atoms. The molecule has 70 valence electrons. The van der Waals surface area contributed by atoms with Crippen LogP contribution in [-0.2, 0) is 0 Å². The van der Waals surface area contributed by atoms with Gasteiger partial charge >= 0.3 is 0 Å². The Bertz CT molecular complexity index is 313. The topological polar surface area (TPSA) is 0 Å². The lowest BCUT2D eigenvalue weighted by Gasteiger charge is -2.06. The fourth-order valence-corrected chi connectivity index (χ4v) is 3.08. The zero-order valence-electron chi connectivity index (χ0n) is 7.04. The first-order valence-corrected chi connectivity index (χ1v) is 5.95. The summed E-state index contributed by atoms with van der Waals surface area (Å²) in [4.78, 5) is 1.16. The molecule has 3 heteroatoms. The van der Waals surface area contributed by atoms with Crippen LogP contribution in [0.25, 0.3) is 0 Å². The zero-order valence-corrected chi connectivity index (χ0v) is 9.37. The van der Waals surface area contributed by atoms with Gasteiger partial charge < -0.3 is 0 Å². The lowest BCUT2D eigenvalue weighted by atomic mass is 10.4. The van der Waals surface area contributed by atoms with Gasteiger partial charge in [0.05, 0.1) is 0 Å². The van der Waals surface area contributed by atoms with Crippen molar-refractivity contribution in [2.24, 2.45) is 0 Å². The average molecular weight is 233 g/mol. The largest absolute Gasteiger partial charge is 0.135 e. The van der Waals surface area contributed by atoms with Gasteiger partial charge in [0, 0.05) is 10.6 Å². The second-order valence-electron chi connectivity index (χ2n) is 2.38. The van der Waals surface area contributed by atoms with E-state index in [0.29, 0.717) is 3.78 Å². The third-order valence-electron chi connectivity index (χ3n) is 1.50. The van der Waals surface area contributed by atoms with E-state index in [1.165, 1.54) is 0 Å². The van der Waals surface area contributed by atoms with Gasteiger partial charge in [-0.15, -0.1) is 17.1 Å². The Morgan fingerprint density at radius 1 is 1.31 bits per heavy atom. The maximum atomic E-state index is 5.80. The van der Waals surface area contributed by atoms with Crippen molar-refractivity contribution in [3.05, 3.63) is 43.0 Å². The number of halogens is 2. The fourth-order valence-electron chi connectivity index (χ4n) is 0.951. The van der Waals surface area contributed by atoms with Crippen molar-refractivity contribution < 1.29 is 0 Å². The van der Waals surface area contributed by atoms with E-state index in [1.54, 1.807) is 0 Å². The predicted octanol–water partition coefficient (Wildman–Crippen LogP) is 4.07. The van der Waals surface area contributed by atoms with Gasteiger partial charge in [-0.1, -0.05) is 47.5 Å². The molecule has 0 nitrogen and oxygen atoms in total. The van der Waals surface area contributed by atoms with E-state index in [1.807, 2.05) is 36.4 Å². The summed E-state index contributed by atoms with van der Waals surface area (Å²) in [7, 11) is -0.210. The Morgan fingerprint density at radius 3 is 2.38 bits per heavy atom. The van der Waals surface area contributed by atoms with Crippen molar-refractivity contribution in [2.45, 2.75) is 4.90 Å². The van der Waals surface area contributed by atoms with E-state index in [4.69, 9.17) is 23.2 Å². The second kappa shape index (κ2) is 5.48. The molecule has 0 aliphatic heterocycles. The molecule has 1 aromatic carbocycles. The van der Waals surface area contributed by atoms with Gasteiger partial charge in [0.15, 0.2) is 0 Å². The van der Waals surface area contributed by atoms with Crippen molar-refractivity contribution in [1.29, 1.82) is 0 Å². The molecule has 0 fully saturated rings. The molecule has 0 saturated heterocycles. The van der Waals surface area contributed by atoms with Crippen molar-refractivity contribution in [3.63, 3.8) is 0 Å². The molecule has 0 heterocycles. The molecule has 0 aliphatic rings. The highest BCUT2D eigenvalue weighted by atomic mass is 35.5. The van der Waals surface area contributed by atoms with E-state index in [0.717, 1.165) is 10.6 Å². The van der Waals surface area contributed by atoms with Crippen molar-refractivity contribution in [1.82, 2.24) is 0 Å². The smallest absolute Gasteiger partial charge is 0.121 e. The third-order valence-corrected chi connectivity index (χ3v) is 4.40. The summed E-state index contributed by atoms with van der Waals surface area (Å²) < 4.78 is 0.422. The highest BCUT2D eigenvalue weighted by molar-refractivity contribution is 8.19. The van der Waals surface area contributed by atoms with E-state index < -0.39 is 0 Å². The Kier molecular flexibility index (Phi) is 4.57. The monoisotopic (exact) mass is 232 g/mol. The highest BCUT2D eigenvalue weighted by Crippen LogP contribution is 2.30. The molecule has 1 unspecified atom stereocenters. The van der Waals surface area contributed by atoms with Crippen LogP contribution in [0.3, 0.4) is 0 Å². The second-order valence-corrected chi connectivity index (χ2v) is 5.78. The molecule has 0 N–H and O–H groups in total. The van der Waals surface area contributed by atoms with Crippen LogP contribution in [0.4, 0.5) is 0 Å². The van der Waals surface area contributed by atoms with Gasteiger partial charge in [-0.2, -0.15) is 0 Å². The summed E-state index contributed by atoms with van der Waals surface area (Å²) in [5, 5.41) is 0. The minimum absolute atomic E-state index is 0.210. The molecule has 13 heavy (non-hydrogen) atoms. The molecule has 0 radical (unpaired) electrons. The highest BCUT2D eigenvalue weighted by Gasteiger charge is 2.01. The van der Waals surface area contributed by atoms with Crippen LogP contribution in [-0.4, -0.2) is 9.54 Å². The van der Waals surface area contributed by atoms with Crippen LogP contribution in [0.1, 0.15) is 0 Å². The van der Waals surface area contributed by atoms with Crippen molar-refractivity contribution in [3.8, 4) is 0 Å². The van der Waals surface area contributed by atoms with Gasteiger partial charge in [0.1, 0.15) is 3.78 Å². The van der Waals surface area contributed by atoms with Crippen LogP contribution < -0.4 is 0 Å². The first-order chi connectivity index (χ1) is 6.25. The molecule has 1 rings (SSSR count). The minimum atomic E-state index is -0.210. The third kappa shape index (κ3) is 3.18. The molecule has 1 aromatic rings. The summed E-state index contributed by atoms with van der Waals surface area (Å²) in [6.07, 6.45) is 1.83. The molecule has 0 spiro atoms. The van der Waals surface area contributed by atoms with Gasteiger partial charge in [0.2, 0.25) is 0 Å². The average Bonchev–Trinajstić information content (AvgIpc) is 2.15. The zero-order chi connectivity index (χ0) is 9.68. The number of hydrogen-bond donors (Lipinski definition) is 0. The van der Waals surface area contributed by atoms with Crippen molar-refractivity contribution in [2.75, 3.05) is 5.75 Å². The van der Waals surface area contributed by atoms with Crippen molar-refractivity contribution >= 4 is 37.5 Å². The predicted molar refractivity (Wildman–Crippen MR) is 64.1 cm³/mol. The number of rotatable bonds is 3. The lowest BCUT2D eigenvalue weighted by molar-refractivity contribution is 1.46. The molecule has 1 atom stereocenters. The molecule has 0 aliphatic carbocycles. The summed E-state index contributed by atoms with van der Waals surface area (Å²) in [5.74, 6) is 0.798. The van der Waals surface area contributed by atoms with E-state index in [2.05, 4.69) is 6.58 Å². The van der Waals surface area contributed by atoms with E-state index in [-0.39, 0.29) is 10.5 Å². The molecule has 0 amide bonds. The van der Waals surface area contributed by atoms with Gasteiger partial charge in [-0.25, -0.2) is 0 Å². The van der Waals surface area contributed by atoms with Crippen LogP contribution >= 0.6 is 33.7 Å². The van der Waals surface area contributed by atoms with Crippen LogP contribution in [0.2, 0.25) is 0 Å². The molecular formula is C10H10Cl2S. The summed E-state index contributed by atoms with van der Waals surface area (Å²) in [6.45, 7) is 3.68. The summed E-state index contributed by atoms with van der Waals surface area (Å²) >= 11 is 11.6. The number of benzene rings is 1. The summed E-state index contributed by atoms with van der Waals surface area (Å²) in [6, 6.07) is 9.99. The fraction of sp³-hybridized carbons (Fsp3) is 0.100.